The number of ether oxygens (including phenoxy) is 1. The van der Waals surface area contributed by atoms with Gasteiger partial charge in [-0.1, -0.05) is 11.6 Å². The summed E-state index contributed by atoms with van der Waals surface area (Å²) in [6, 6.07) is -0.775. The lowest BCUT2D eigenvalue weighted by Crippen LogP contribution is -2.21. The summed E-state index contributed by atoms with van der Waals surface area (Å²) in [7, 11) is 0. The van der Waals surface area contributed by atoms with Crippen molar-refractivity contribution in [1.82, 2.24) is 9.78 Å². The number of nitrogens with zero attached hydrogens (tertiary/aromatic N) is 2. The molecule has 0 fully saturated rings. The first-order valence-corrected chi connectivity index (χ1v) is 6.21. The molecule has 0 aliphatic rings. The Kier molecular flexibility index (Phi) is 5.62. The number of halogens is 4. The highest BCUT2D eigenvalue weighted by atomic mass is 35.5. The first-order chi connectivity index (χ1) is 9.25. The van der Waals surface area contributed by atoms with Crippen molar-refractivity contribution in [2.24, 2.45) is 0 Å². The maximum Gasteiger partial charge on any atom is 0.330 e. The summed E-state index contributed by atoms with van der Waals surface area (Å²) >= 11 is 5.95. The fourth-order valence-electron chi connectivity index (χ4n) is 1.58. The third kappa shape index (κ3) is 3.75. The average Bonchev–Trinajstić information content (AvgIpc) is 2.65. The van der Waals surface area contributed by atoms with Gasteiger partial charge in [-0.3, -0.25) is 4.68 Å². The number of carbonyl (C=O) groups excluding carboxylic acids is 1. The molecule has 1 unspecified atom stereocenters. The lowest BCUT2D eigenvalue weighted by molar-refractivity contribution is -0.147. The third-order valence-electron chi connectivity index (χ3n) is 2.72. The maximum atomic E-state index is 12.5. The van der Waals surface area contributed by atoms with E-state index >= 15 is 0 Å². The van der Waals surface area contributed by atoms with Crippen molar-refractivity contribution in [1.29, 1.82) is 0 Å². The molecule has 20 heavy (non-hydrogen) atoms. The molecular weight excluding hydrogens is 297 g/mol. The van der Waals surface area contributed by atoms with Gasteiger partial charge in [0.05, 0.1) is 23.0 Å². The molecule has 1 rings (SSSR count). The first kappa shape index (κ1) is 16.6. The highest BCUT2D eigenvalue weighted by molar-refractivity contribution is 6.31. The van der Waals surface area contributed by atoms with Crippen LogP contribution in [-0.4, -0.2) is 22.4 Å². The molecule has 0 amide bonds. The predicted molar refractivity (Wildman–Crippen MR) is 67.3 cm³/mol. The average molecular weight is 311 g/mol. The van der Waals surface area contributed by atoms with Crippen molar-refractivity contribution < 1.29 is 22.7 Å². The van der Waals surface area contributed by atoms with Crippen molar-refractivity contribution in [2.45, 2.75) is 33.2 Å². The second kappa shape index (κ2) is 6.78. The number of aryl methyl sites for hydroxylation is 1. The van der Waals surface area contributed by atoms with E-state index in [0.29, 0.717) is 16.4 Å². The molecule has 0 aliphatic carbocycles. The zero-order valence-corrected chi connectivity index (χ0v) is 12.0. The Morgan fingerprint density at radius 2 is 2.00 bits per heavy atom. The summed E-state index contributed by atoms with van der Waals surface area (Å²) in [5.41, 5.74) is 1.16. The van der Waals surface area contributed by atoms with Gasteiger partial charge in [-0.2, -0.15) is 13.9 Å². The molecule has 1 atom stereocenters. The Bertz CT molecular complexity index is 539. The van der Waals surface area contributed by atoms with Crippen LogP contribution in [0, 0.1) is 13.8 Å². The summed E-state index contributed by atoms with van der Waals surface area (Å²) in [5, 5.41) is 4.53. The van der Waals surface area contributed by atoms with E-state index < -0.39 is 36.9 Å². The Morgan fingerprint density at radius 3 is 2.45 bits per heavy atom. The fourth-order valence-corrected chi connectivity index (χ4v) is 1.70. The molecule has 0 spiro atoms. The third-order valence-corrected chi connectivity index (χ3v) is 3.26. The van der Waals surface area contributed by atoms with Crippen LogP contribution in [-0.2, 0) is 9.53 Å². The molecule has 0 N–H and O–H groups in total. The summed E-state index contributed by atoms with van der Waals surface area (Å²) in [4.78, 5) is 11.7. The van der Waals surface area contributed by atoms with Gasteiger partial charge in [0, 0.05) is 6.42 Å². The molecule has 0 radical (unpaired) electrons. The second-order valence-corrected chi connectivity index (χ2v) is 4.57. The van der Waals surface area contributed by atoms with Gasteiger partial charge < -0.3 is 4.74 Å². The molecule has 0 saturated heterocycles. The lowest BCUT2D eigenvalue weighted by atomic mass is 10.3. The van der Waals surface area contributed by atoms with Gasteiger partial charge >= 0.3 is 12.0 Å². The standard InChI is InChI=1S/C12H14ClF3N2O2/c1-6-10(13)7(2)18(17-6)8(3)12(19)20-5-4-9(14)11(15)16/h8H,4-5H2,1-3H3. The van der Waals surface area contributed by atoms with E-state index in [2.05, 4.69) is 5.10 Å². The number of rotatable bonds is 5. The van der Waals surface area contributed by atoms with Gasteiger partial charge in [0.1, 0.15) is 6.04 Å². The second-order valence-electron chi connectivity index (χ2n) is 4.19. The predicted octanol–water partition coefficient (Wildman–Crippen LogP) is 3.73. The Hall–Kier alpha value is -1.50. The van der Waals surface area contributed by atoms with Gasteiger partial charge in [-0.05, 0) is 20.8 Å². The zero-order valence-electron chi connectivity index (χ0n) is 11.2. The van der Waals surface area contributed by atoms with E-state index in [1.165, 1.54) is 11.6 Å². The molecule has 0 aliphatic heterocycles. The van der Waals surface area contributed by atoms with E-state index in [0.717, 1.165) is 0 Å². The fraction of sp³-hybridized carbons (Fsp3) is 0.500. The molecular formula is C12H14ClF3N2O2. The van der Waals surface area contributed by atoms with Crippen LogP contribution in [0.1, 0.15) is 30.8 Å². The first-order valence-electron chi connectivity index (χ1n) is 5.83. The summed E-state index contributed by atoms with van der Waals surface area (Å²) in [6.45, 7) is 4.44. The van der Waals surface area contributed by atoms with Gasteiger partial charge in [0.2, 0.25) is 0 Å². The minimum atomic E-state index is -2.40. The van der Waals surface area contributed by atoms with Crippen LogP contribution in [0.2, 0.25) is 5.02 Å². The monoisotopic (exact) mass is 310 g/mol. The van der Waals surface area contributed by atoms with Crippen LogP contribution >= 0.6 is 11.6 Å². The number of hydrogen-bond donors (Lipinski definition) is 0. The van der Waals surface area contributed by atoms with Crippen LogP contribution in [0.15, 0.2) is 11.9 Å². The smallest absolute Gasteiger partial charge is 0.330 e. The molecule has 0 saturated carbocycles. The van der Waals surface area contributed by atoms with E-state index in [4.69, 9.17) is 16.3 Å². The van der Waals surface area contributed by atoms with Gasteiger partial charge in [0.15, 0.2) is 5.83 Å². The summed E-state index contributed by atoms with van der Waals surface area (Å²) < 4.78 is 42.3. The van der Waals surface area contributed by atoms with Crippen LogP contribution in [0.3, 0.4) is 0 Å². The lowest BCUT2D eigenvalue weighted by Gasteiger charge is -2.13. The molecule has 8 heteroatoms. The molecule has 112 valence electrons. The van der Waals surface area contributed by atoms with Crippen molar-refractivity contribution >= 4 is 17.6 Å². The topological polar surface area (TPSA) is 44.1 Å². The Morgan fingerprint density at radius 1 is 1.40 bits per heavy atom. The molecule has 1 aromatic heterocycles. The minimum Gasteiger partial charge on any atom is -0.464 e. The van der Waals surface area contributed by atoms with E-state index in [1.54, 1.807) is 13.8 Å². The van der Waals surface area contributed by atoms with Gasteiger partial charge in [0.25, 0.3) is 0 Å². The van der Waals surface area contributed by atoms with Gasteiger partial charge in [-0.15, -0.1) is 0 Å². The molecule has 4 nitrogen and oxygen atoms in total. The van der Waals surface area contributed by atoms with Gasteiger partial charge in [-0.25, -0.2) is 9.18 Å². The van der Waals surface area contributed by atoms with E-state index in [1.807, 2.05) is 0 Å². The highest BCUT2D eigenvalue weighted by Gasteiger charge is 2.22. The Balaban J connectivity index is 2.64. The van der Waals surface area contributed by atoms with Crippen molar-refractivity contribution in [3.8, 4) is 0 Å². The molecule has 1 aromatic rings. The van der Waals surface area contributed by atoms with Crippen LogP contribution in [0.5, 0.6) is 0 Å². The maximum absolute atomic E-state index is 12.5. The number of carbonyl (C=O) groups is 1. The summed E-state index contributed by atoms with van der Waals surface area (Å²) in [5.74, 6) is -2.28. The van der Waals surface area contributed by atoms with Crippen molar-refractivity contribution in [3.05, 3.63) is 28.3 Å². The van der Waals surface area contributed by atoms with Crippen molar-refractivity contribution in [3.63, 3.8) is 0 Å². The highest BCUT2D eigenvalue weighted by Crippen LogP contribution is 2.22. The van der Waals surface area contributed by atoms with E-state index in [9.17, 15) is 18.0 Å². The molecule has 0 bridgehead atoms. The normalized spacial score (nSPS) is 12.2. The number of esters is 1. The van der Waals surface area contributed by atoms with Crippen LogP contribution in [0.4, 0.5) is 13.2 Å². The molecule has 0 aromatic carbocycles. The quantitative estimate of drug-likeness (QED) is 0.778. The Labute approximate surface area is 119 Å². The van der Waals surface area contributed by atoms with Crippen molar-refractivity contribution in [2.75, 3.05) is 6.61 Å². The molecule has 1 heterocycles. The largest absolute Gasteiger partial charge is 0.464 e. The van der Waals surface area contributed by atoms with Crippen LogP contribution < -0.4 is 0 Å². The minimum absolute atomic E-state index is 0.443. The summed E-state index contributed by atoms with van der Waals surface area (Å²) in [6.07, 6.45) is -3.06. The number of aromatic nitrogens is 2. The SMILES string of the molecule is Cc1nn(C(C)C(=O)OCCC(F)=C(F)F)c(C)c1Cl. The van der Waals surface area contributed by atoms with Crippen LogP contribution in [0.25, 0.3) is 0 Å². The van der Waals surface area contributed by atoms with E-state index in [-0.39, 0.29) is 0 Å². The zero-order chi connectivity index (χ0) is 15.4. The number of hydrogen-bond acceptors (Lipinski definition) is 3.